The smallest absolute Gasteiger partial charge is 0.258 e. The maximum absolute atomic E-state index is 13.5. The van der Waals surface area contributed by atoms with Crippen LogP contribution >= 0.6 is 0 Å². The van der Waals surface area contributed by atoms with Crippen LogP contribution < -0.4 is 5.32 Å². The molecule has 1 aromatic heterocycles. The normalized spacial score (nSPS) is 21.6. The van der Waals surface area contributed by atoms with Crippen molar-refractivity contribution >= 4 is 11.7 Å². The van der Waals surface area contributed by atoms with Gasteiger partial charge in [0.15, 0.2) is 0 Å². The number of carbonyl (C=O) groups excluding carboxylic acids is 1. The molecule has 1 aliphatic heterocycles. The minimum atomic E-state index is -0.534. The van der Waals surface area contributed by atoms with E-state index >= 15 is 0 Å². The van der Waals surface area contributed by atoms with E-state index < -0.39 is 5.82 Å². The summed E-state index contributed by atoms with van der Waals surface area (Å²) < 4.78 is 13.5. The third-order valence-electron chi connectivity index (χ3n) is 3.96. The average molecular weight is 295 g/mol. The van der Waals surface area contributed by atoms with Gasteiger partial charge >= 0.3 is 0 Å². The Morgan fingerprint density at radius 1 is 1.62 bits per heavy atom. The summed E-state index contributed by atoms with van der Waals surface area (Å²) in [6.45, 7) is 5.18. The Kier molecular flexibility index (Phi) is 5.12. The largest absolute Gasteiger partial charge is 0.394 e. The van der Waals surface area contributed by atoms with Gasteiger partial charge in [-0.05, 0) is 24.8 Å². The first-order valence-electron chi connectivity index (χ1n) is 7.39. The van der Waals surface area contributed by atoms with Crippen LogP contribution in [0.15, 0.2) is 12.3 Å². The zero-order valence-electron chi connectivity index (χ0n) is 12.5. The number of carbonyl (C=O) groups is 1. The lowest BCUT2D eigenvalue weighted by molar-refractivity contribution is 0.0648. The number of rotatable bonds is 5. The van der Waals surface area contributed by atoms with Crippen molar-refractivity contribution in [2.24, 2.45) is 5.92 Å². The number of nitrogens with one attached hydrogen (secondary N) is 1. The van der Waals surface area contributed by atoms with Gasteiger partial charge in [0.2, 0.25) is 0 Å². The van der Waals surface area contributed by atoms with E-state index in [0.29, 0.717) is 18.9 Å². The van der Waals surface area contributed by atoms with Gasteiger partial charge in [0.25, 0.3) is 5.91 Å². The fourth-order valence-electron chi connectivity index (χ4n) is 2.68. The van der Waals surface area contributed by atoms with E-state index in [2.05, 4.69) is 10.3 Å². The number of anilines is 1. The van der Waals surface area contributed by atoms with Gasteiger partial charge in [-0.1, -0.05) is 13.8 Å². The predicted octanol–water partition coefficient (Wildman–Crippen LogP) is 1.89. The molecule has 1 saturated heterocycles. The maximum Gasteiger partial charge on any atom is 0.258 e. The van der Waals surface area contributed by atoms with Gasteiger partial charge < -0.3 is 15.3 Å². The van der Waals surface area contributed by atoms with Crippen LogP contribution in [0, 0.1) is 11.7 Å². The summed E-state index contributed by atoms with van der Waals surface area (Å²) in [4.78, 5) is 18.3. The molecule has 116 valence electrons. The first-order valence-corrected chi connectivity index (χ1v) is 7.39. The molecule has 2 atom stereocenters. The summed E-state index contributed by atoms with van der Waals surface area (Å²) >= 11 is 0. The molecule has 2 N–H and O–H groups in total. The minimum Gasteiger partial charge on any atom is -0.394 e. The fourth-order valence-corrected chi connectivity index (χ4v) is 2.68. The minimum absolute atomic E-state index is 0.0760. The van der Waals surface area contributed by atoms with Gasteiger partial charge in [0.05, 0.1) is 24.4 Å². The van der Waals surface area contributed by atoms with Crippen LogP contribution in [0.5, 0.6) is 0 Å². The number of hydrogen-bond donors (Lipinski definition) is 2. The molecule has 1 aliphatic rings. The topological polar surface area (TPSA) is 65.5 Å². The predicted molar refractivity (Wildman–Crippen MR) is 78.7 cm³/mol. The van der Waals surface area contributed by atoms with Crippen molar-refractivity contribution < 1.29 is 14.3 Å². The standard InChI is InChI=1S/C15H22FN3O2/c1-3-5-17-14-12(7-11(16)8-18-14)15(21)19-6-4-10(2)13(19)9-20/h7-8,10,13,20H,3-6,9H2,1-2H3,(H,17,18). The second-order valence-corrected chi connectivity index (χ2v) is 5.49. The molecule has 1 amide bonds. The average Bonchev–Trinajstić information content (AvgIpc) is 2.86. The zero-order chi connectivity index (χ0) is 15.4. The van der Waals surface area contributed by atoms with Crippen molar-refractivity contribution in [1.82, 2.24) is 9.88 Å². The molecule has 2 heterocycles. The fraction of sp³-hybridized carbons (Fsp3) is 0.600. The Balaban J connectivity index is 2.27. The highest BCUT2D eigenvalue weighted by atomic mass is 19.1. The maximum atomic E-state index is 13.5. The molecule has 2 rings (SSSR count). The molecule has 0 radical (unpaired) electrons. The van der Waals surface area contributed by atoms with Crippen molar-refractivity contribution in [1.29, 1.82) is 0 Å². The number of likely N-dealkylation sites (tertiary alicyclic amines) is 1. The van der Waals surface area contributed by atoms with Crippen molar-refractivity contribution in [3.63, 3.8) is 0 Å². The van der Waals surface area contributed by atoms with E-state index in [9.17, 15) is 14.3 Å². The lowest BCUT2D eigenvalue weighted by atomic mass is 10.0. The van der Waals surface area contributed by atoms with Gasteiger partial charge in [-0.3, -0.25) is 4.79 Å². The number of amides is 1. The van der Waals surface area contributed by atoms with E-state index in [1.165, 1.54) is 6.07 Å². The Morgan fingerprint density at radius 2 is 2.38 bits per heavy atom. The molecule has 2 unspecified atom stereocenters. The molecule has 0 aromatic carbocycles. The SMILES string of the molecule is CCCNc1ncc(F)cc1C(=O)N1CCC(C)C1CO. The van der Waals surface area contributed by atoms with Crippen LogP contribution in [0.4, 0.5) is 10.2 Å². The number of aliphatic hydroxyl groups excluding tert-OH is 1. The number of nitrogens with zero attached hydrogens (tertiary/aromatic N) is 2. The summed E-state index contributed by atoms with van der Waals surface area (Å²) in [6.07, 6.45) is 2.83. The van der Waals surface area contributed by atoms with Crippen molar-refractivity contribution in [2.45, 2.75) is 32.7 Å². The van der Waals surface area contributed by atoms with Crippen LogP contribution in [-0.2, 0) is 0 Å². The van der Waals surface area contributed by atoms with E-state index in [-0.39, 0.29) is 30.0 Å². The van der Waals surface area contributed by atoms with Gasteiger partial charge in [-0.25, -0.2) is 9.37 Å². The lowest BCUT2D eigenvalue weighted by Gasteiger charge is -2.26. The van der Waals surface area contributed by atoms with Crippen LogP contribution in [0.2, 0.25) is 0 Å². The summed E-state index contributed by atoms with van der Waals surface area (Å²) in [5.41, 5.74) is 0.232. The van der Waals surface area contributed by atoms with E-state index in [1.54, 1.807) is 4.90 Å². The second-order valence-electron chi connectivity index (χ2n) is 5.49. The zero-order valence-corrected chi connectivity index (χ0v) is 12.5. The van der Waals surface area contributed by atoms with E-state index in [0.717, 1.165) is 19.0 Å². The Bertz CT molecular complexity index is 510. The number of pyridine rings is 1. The first kappa shape index (κ1) is 15.7. The summed E-state index contributed by atoms with van der Waals surface area (Å²) in [6, 6.07) is 1.00. The van der Waals surface area contributed by atoms with Crippen LogP contribution in [-0.4, -0.2) is 46.6 Å². The van der Waals surface area contributed by atoms with Gasteiger partial charge in [-0.15, -0.1) is 0 Å². The van der Waals surface area contributed by atoms with Gasteiger partial charge in [0.1, 0.15) is 11.6 Å². The lowest BCUT2D eigenvalue weighted by Crippen LogP contribution is -2.40. The molecule has 0 bridgehead atoms. The molecule has 0 aliphatic carbocycles. The Morgan fingerprint density at radius 3 is 3.05 bits per heavy atom. The molecular weight excluding hydrogens is 273 g/mol. The second kappa shape index (κ2) is 6.85. The Labute approximate surface area is 124 Å². The third kappa shape index (κ3) is 3.32. The van der Waals surface area contributed by atoms with Crippen LogP contribution in [0.25, 0.3) is 0 Å². The molecule has 1 aromatic rings. The number of aliphatic hydroxyl groups is 1. The molecule has 0 spiro atoms. The van der Waals surface area contributed by atoms with Crippen LogP contribution in [0.3, 0.4) is 0 Å². The monoisotopic (exact) mass is 295 g/mol. The van der Waals surface area contributed by atoms with E-state index in [4.69, 9.17) is 0 Å². The quantitative estimate of drug-likeness (QED) is 0.870. The highest BCUT2D eigenvalue weighted by molar-refractivity contribution is 5.99. The Hall–Kier alpha value is -1.69. The van der Waals surface area contributed by atoms with Gasteiger partial charge in [0, 0.05) is 13.1 Å². The first-order chi connectivity index (χ1) is 10.1. The van der Waals surface area contributed by atoms with Crippen molar-refractivity contribution in [3.8, 4) is 0 Å². The summed E-state index contributed by atoms with van der Waals surface area (Å²) in [5, 5.41) is 12.5. The third-order valence-corrected chi connectivity index (χ3v) is 3.96. The van der Waals surface area contributed by atoms with Crippen molar-refractivity contribution in [2.75, 3.05) is 25.0 Å². The molecule has 0 saturated carbocycles. The number of aromatic nitrogens is 1. The van der Waals surface area contributed by atoms with E-state index in [1.807, 2.05) is 13.8 Å². The van der Waals surface area contributed by atoms with Gasteiger partial charge in [-0.2, -0.15) is 0 Å². The molecule has 21 heavy (non-hydrogen) atoms. The summed E-state index contributed by atoms with van der Waals surface area (Å²) in [5.74, 6) is -0.163. The molecule has 1 fully saturated rings. The summed E-state index contributed by atoms with van der Waals surface area (Å²) in [7, 11) is 0. The van der Waals surface area contributed by atoms with Crippen molar-refractivity contribution in [3.05, 3.63) is 23.6 Å². The number of halogens is 1. The molecule has 5 nitrogen and oxygen atoms in total. The highest BCUT2D eigenvalue weighted by Gasteiger charge is 2.35. The molecular formula is C15H22FN3O2. The molecule has 6 heteroatoms. The van der Waals surface area contributed by atoms with Crippen LogP contribution in [0.1, 0.15) is 37.0 Å². The highest BCUT2D eigenvalue weighted by Crippen LogP contribution is 2.27. The number of hydrogen-bond acceptors (Lipinski definition) is 4.